The summed E-state index contributed by atoms with van der Waals surface area (Å²) in [5.41, 5.74) is 3.55. The molecule has 8 heteroatoms. The molecule has 0 aliphatic carbocycles. The molecular weight excluding hydrogens is 407 g/mol. The Morgan fingerprint density at radius 2 is 2.06 bits per heavy atom. The summed E-state index contributed by atoms with van der Waals surface area (Å²) >= 11 is 0. The van der Waals surface area contributed by atoms with Crippen molar-refractivity contribution in [3.05, 3.63) is 66.3 Å². The Kier molecular flexibility index (Phi) is 6.17. The highest BCUT2D eigenvalue weighted by Crippen LogP contribution is 2.40. The lowest BCUT2D eigenvalue weighted by atomic mass is 9.91. The van der Waals surface area contributed by atoms with E-state index < -0.39 is 5.95 Å². The van der Waals surface area contributed by atoms with Gasteiger partial charge in [-0.3, -0.25) is 0 Å². The van der Waals surface area contributed by atoms with Gasteiger partial charge in [0.05, 0.1) is 17.9 Å². The van der Waals surface area contributed by atoms with Crippen LogP contribution in [0.4, 0.5) is 10.1 Å². The van der Waals surface area contributed by atoms with Crippen LogP contribution in [0.25, 0.3) is 16.9 Å². The number of hydrogen-bond donors (Lipinski definition) is 0. The Hall–Kier alpha value is -3.73. The number of nitriles is 1. The van der Waals surface area contributed by atoms with Crippen LogP contribution in [0.2, 0.25) is 0 Å². The molecule has 7 nitrogen and oxygen atoms in total. The number of hydrogen-bond acceptors (Lipinski definition) is 6. The van der Waals surface area contributed by atoms with Crippen molar-refractivity contribution in [3.8, 4) is 17.2 Å². The fourth-order valence-corrected chi connectivity index (χ4v) is 4.31. The van der Waals surface area contributed by atoms with Crippen LogP contribution in [0.3, 0.4) is 0 Å². The Balaban J connectivity index is 1.75. The van der Waals surface area contributed by atoms with E-state index in [-0.39, 0.29) is 0 Å². The summed E-state index contributed by atoms with van der Waals surface area (Å²) in [6, 6.07) is 9.15. The normalized spacial score (nSPS) is 14.2. The molecule has 1 fully saturated rings. The molecule has 0 saturated carbocycles. The van der Waals surface area contributed by atoms with E-state index in [0.717, 1.165) is 48.6 Å². The van der Waals surface area contributed by atoms with Gasteiger partial charge in [-0.15, -0.1) is 10.2 Å². The topological polar surface area (TPSA) is 79.9 Å². The van der Waals surface area contributed by atoms with Gasteiger partial charge in [-0.05, 0) is 38.0 Å². The van der Waals surface area contributed by atoms with Gasteiger partial charge in [-0.25, -0.2) is 4.98 Å². The molecule has 1 saturated heterocycles. The molecular formula is C24H25FN6O. The van der Waals surface area contributed by atoms with Crippen molar-refractivity contribution in [3.63, 3.8) is 0 Å². The van der Waals surface area contributed by atoms with Crippen molar-refractivity contribution in [2.75, 3.05) is 24.6 Å². The van der Waals surface area contributed by atoms with Crippen LogP contribution >= 0.6 is 0 Å². The lowest BCUT2D eigenvalue weighted by Gasteiger charge is -2.35. The fraction of sp³-hybridized carbons (Fsp3) is 0.333. The van der Waals surface area contributed by atoms with E-state index in [0.29, 0.717) is 29.4 Å². The highest BCUT2D eigenvalue weighted by atomic mass is 19.1. The highest BCUT2D eigenvalue weighted by molar-refractivity contribution is 5.87. The number of rotatable bonds is 6. The summed E-state index contributed by atoms with van der Waals surface area (Å²) in [4.78, 5) is 6.03. The number of pyridine rings is 1. The molecule has 4 rings (SSSR count). The van der Waals surface area contributed by atoms with Crippen molar-refractivity contribution in [2.24, 2.45) is 7.05 Å². The number of aromatic nitrogens is 4. The van der Waals surface area contributed by atoms with Gasteiger partial charge in [0.1, 0.15) is 24.0 Å². The average molecular weight is 433 g/mol. The summed E-state index contributed by atoms with van der Waals surface area (Å²) in [7, 11) is 1.96. The average Bonchev–Trinajstić information content (AvgIpc) is 3.24. The third kappa shape index (κ3) is 4.06. The number of piperidine rings is 1. The van der Waals surface area contributed by atoms with Crippen LogP contribution in [0.5, 0.6) is 0 Å². The Morgan fingerprint density at radius 3 is 2.66 bits per heavy atom. The molecule has 0 N–H and O–H groups in total. The lowest BCUT2D eigenvalue weighted by Crippen LogP contribution is -2.34. The molecule has 3 aromatic rings. The summed E-state index contributed by atoms with van der Waals surface area (Å²) in [6.07, 6.45) is 4.99. The molecule has 0 unspecified atom stereocenters. The molecule has 0 atom stereocenters. The van der Waals surface area contributed by atoms with Gasteiger partial charge in [-0.2, -0.15) is 9.65 Å². The van der Waals surface area contributed by atoms with Crippen molar-refractivity contribution >= 4 is 11.4 Å². The lowest BCUT2D eigenvalue weighted by molar-refractivity contribution is 0.299. The molecule has 0 amide bonds. The molecule has 164 valence electrons. The maximum Gasteiger partial charge on any atom is 0.212 e. The van der Waals surface area contributed by atoms with E-state index in [9.17, 15) is 9.65 Å². The summed E-state index contributed by atoms with van der Waals surface area (Å²) < 4.78 is 21.0. The zero-order chi connectivity index (χ0) is 22.7. The number of anilines is 1. The fourth-order valence-electron chi connectivity index (χ4n) is 4.31. The Labute approximate surface area is 186 Å². The minimum absolute atomic E-state index is 0.307. The van der Waals surface area contributed by atoms with Gasteiger partial charge in [0.25, 0.3) is 0 Å². The summed E-state index contributed by atoms with van der Waals surface area (Å²) in [5.74, 6) is 1.21. The molecule has 0 radical (unpaired) electrons. The second-order valence-corrected chi connectivity index (χ2v) is 7.78. The van der Waals surface area contributed by atoms with Crippen LogP contribution < -0.4 is 4.90 Å². The first-order chi connectivity index (χ1) is 15.5. The quantitative estimate of drug-likeness (QED) is 0.427. The van der Waals surface area contributed by atoms with Crippen LogP contribution in [0, 0.1) is 17.3 Å². The third-order valence-corrected chi connectivity index (χ3v) is 5.87. The van der Waals surface area contributed by atoms with E-state index >= 15 is 0 Å². The molecule has 2 aromatic heterocycles. The smallest absolute Gasteiger partial charge is 0.212 e. The molecule has 0 spiro atoms. The molecule has 1 aromatic carbocycles. The predicted molar refractivity (Wildman–Crippen MR) is 120 cm³/mol. The van der Waals surface area contributed by atoms with Gasteiger partial charge in [-0.1, -0.05) is 12.6 Å². The van der Waals surface area contributed by atoms with Crippen molar-refractivity contribution < 1.29 is 9.13 Å². The molecule has 3 heterocycles. The first kappa shape index (κ1) is 21.5. The van der Waals surface area contributed by atoms with Gasteiger partial charge in [0.2, 0.25) is 5.95 Å². The maximum atomic E-state index is 13.5. The highest BCUT2D eigenvalue weighted by Gasteiger charge is 2.28. The van der Waals surface area contributed by atoms with E-state index in [1.54, 1.807) is 12.4 Å². The summed E-state index contributed by atoms with van der Waals surface area (Å²) in [5, 5.41) is 18.4. The number of nitrogens with zero attached hydrogens (tertiary/aromatic N) is 6. The van der Waals surface area contributed by atoms with E-state index in [1.807, 2.05) is 30.7 Å². The molecule has 1 aliphatic heterocycles. The van der Waals surface area contributed by atoms with Gasteiger partial charge in [0.15, 0.2) is 0 Å². The number of halogens is 1. The van der Waals surface area contributed by atoms with Gasteiger partial charge in [0, 0.05) is 48.9 Å². The minimum Gasteiger partial charge on any atom is -0.494 e. The first-order valence-corrected chi connectivity index (χ1v) is 10.6. The molecule has 32 heavy (non-hydrogen) atoms. The minimum atomic E-state index is -0.540. The number of aryl methyl sites for hydroxylation is 1. The SMILES string of the molecule is C=C(OCC)c1ccc(-c2ccc(F)nc2)c(N2CCC(c3nncn3C)CC2)c1C#N. The summed E-state index contributed by atoms with van der Waals surface area (Å²) in [6.45, 7) is 7.85. The van der Waals surface area contributed by atoms with Crippen LogP contribution in [0.15, 0.2) is 43.4 Å². The molecule has 0 bridgehead atoms. The van der Waals surface area contributed by atoms with E-state index in [1.165, 1.54) is 12.3 Å². The Bertz CT molecular complexity index is 1160. The standard InChI is InChI=1S/C24H25FN6O/c1-4-32-16(2)19-6-7-20(18-5-8-22(25)27-14-18)23(21(19)13-26)31-11-9-17(10-12-31)24-29-28-15-30(24)3/h5-8,14-15,17H,2,4,9-12H2,1,3H3. The van der Waals surface area contributed by atoms with Crippen molar-refractivity contribution in [1.82, 2.24) is 19.7 Å². The first-order valence-electron chi connectivity index (χ1n) is 10.6. The van der Waals surface area contributed by atoms with Crippen molar-refractivity contribution in [1.29, 1.82) is 5.26 Å². The zero-order valence-corrected chi connectivity index (χ0v) is 18.3. The third-order valence-electron chi connectivity index (χ3n) is 5.87. The van der Waals surface area contributed by atoms with E-state index in [2.05, 4.69) is 32.7 Å². The number of benzene rings is 1. The zero-order valence-electron chi connectivity index (χ0n) is 18.3. The number of ether oxygens (including phenoxy) is 1. The second kappa shape index (κ2) is 9.18. The van der Waals surface area contributed by atoms with E-state index in [4.69, 9.17) is 4.74 Å². The van der Waals surface area contributed by atoms with Crippen LogP contribution in [0.1, 0.15) is 42.6 Å². The van der Waals surface area contributed by atoms with Gasteiger partial charge < -0.3 is 14.2 Å². The largest absolute Gasteiger partial charge is 0.494 e. The maximum absolute atomic E-state index is 13.5. The van der Waals surface area contributed by atoms with Crippen LogP contribution in [-0.4, -0.2) is 39.4 Å². The Morgan fingerprint density at radius 1 is 1.28 bits per heavy atom. The second-order valence-electron chi connectivity index (χ2n) is 7.78. The van der Waals surface area contributed by atoms with Crippen molar-refractivity contribution in [2.45, 2.75) is 25.7 Å². The predicted octanol–water partition coefficient (Wildman–Crippen LogP) is 4.28. The van der Waals surface area contributed by atoms with Crippen LogP contribution in [-0.2, 0) is 11.8 Å². The van der Waals surface area contributed by atoms with Gasteiger partial charge >= 0.3 is 0 Å². The monoisotopic (exact) mass is 432 g/mol. The molecule has 1 aliphatic rings.